The summed E-state index contributed by atoms with van der Waals surface area (Å²) in [6.45, 7) is 3.53. The van der Waals surface area contributed by atoms with Crippen LogP contribution < -0.4 is 5.32 Å². The smallest absolute Gasteiger partial charge is 0.314 e. The van der Waals surface area contributed by atoms with Gasteiger partial charge in [0.15, 0.2) is 0 Å². The number of hydrogen-bond donors (Lipinski definition) is 2. The minimum atomic E-state index is -1.21. The molecule has 0 saturated carbocycles. The van der Waals surface area contributed by atoms with Crippen molar-refractivity contribution in [3.8, 4) is 0 Å². The molecule has 1 fully saturated rings. The fraction of sp³-hybridized carbons (Fsp3) is 0.500. The Labute approximate surface area is 124 Å². The van der Waals surface area contributed by atoms with Gasteiger partial charge in [-0.25, -0.2) is 0 Å². The Kier molecular flexibility index (Phi) is 4.96. The van der Waals surface area contributed by atoms with Crippen molar-refractivity contribution in [3.63, 3.8) is 0 Å². The van der Waals surface area contributed by atoms with Crippen LogP contribution in [0.5, 0.6) is 0 Å². The Hall–Kier alpha value is -1.88. The third-order valence-electron chi connectivity index (χ3n) is 4.01. The van der Waals surface area contributed by atoms with Gasteiger partial charge in [0.05, 0.1) is 12.0 Å². The predicted octanol–water partition coefficient (Wildman–Crippen LogP) is 1.57. The molecule has 0 bridgehead atoms. The van der Waals surface area contributed by atoms with E-state index < -0.39 is 11.4 Å². The molecule has 114 valence electrons. The molecule has 0 aliphatic carbocycles. The van der Waals surface area contributed by atoms with Crippen LogP contribution in [0.3, 0.4) is 0 Å². The normalized spacial score (nSPS) is 20.7. The maximum Gasteiger partial charge on any atom is 0.314 e. The molecule has 1 aromatic rings. The van der Waals surface area contributed by atoms with Gasteiger partial charge in [0.1, 0.15) is 0 Å². The number of benzene rings is 1. The molecule has 2 atom stereocenters. The van der Waals surface area contributed by atoms with E-state index in [0.717, 1.165) is 13.0 Å². The molecule has 0 spiro atoms. The Balaban J connectivity index is 1.99. The van der Waals surface area contributed by atoms with Gasteiger partial charge in [-0.05, 0) is 18.9 Å². The highest BCUT2D eigenvalue weighted by Gasteiger charge is 2.37. The van der Waals surface area contributed by atoms with E-state index in [-0.39, 0.29) is 12.3 Å². The summed E-state index contributed by atoms with van der Waals surface area (Å²) in [7, 11) is 0. The molecule has 21 heavy (non-hydrogen) atoms. The summed E-state index contributed by atoms with van der Waals surface area (Å²) >= 11 is 0. The van der Waals surface area contributed by atoms with Crippen molar-refractivity contribution in [3.05, 3.63) is 35.9 Å². The molecule has 2 unspecified atom stereocenters. The lowest BCUT2D eigenvalue weighted by molar-refractivity contribution is -0.145. The first-order chi connectivity index (χ1) is 10.0. The summed E-state index contributed by atoms with van der Waals surface area (Å²) in [5.41, 5.74) is -0.575. The number of aliphatic carboxylic acids is 1. The molecule has 1 aromatic carbocycles. The summed E-state index contributed by atoms with van der Waals surface area (Å²) in [4.78, 5) is 23.7. The number of carbonyl (C=O) groups excluding carboxylic acids is 1. The number of carbonyl (C=O) groups is 2. The fourth-order valence-electron chi connectivity index (χ4n) is 2.49. The molecular formula is C16H21NO4. The highest BCUT2D eigenvalue weighted by molar-refractivity contribution is 5.89. The lowest BCUT2D eigenvalue weighted by Crippen LogP contribution is -2.40. The van der Waals surface area contributed by atoms with Gasteiger partial charge in [0, 0.05) is 25.5 Å². The van der Waals surface area contributed by atoms with Crippen LogP contribution in [0.15, 0.2) is 30.3 Å². The van der Waals surface area contributed by atoms with E-state index in [1.54, 1.807) is 31.2 Å². The van der Waals surface area contributed by atoms with Crippen molar-refractivity contribution in [1.29, 1.82) is 0 Å². The number of hydrogen-bond acceptors (Lipinski definition) is 3. The number of nitrogens with one attached hydrogen (secondary N) is 1. The number of rotatable bonds is 6. The molecular weight excluding hydrogens is 270 g/mol. The highest BCUT2D eigenvalue weighted by atomic mass is 16.5. The van der Waals surface area contributed by atoms with Crippen LogP contribution in [0.2, 0.25) is 0 Å². The first kappa shape index (κ1) is 15.5. The van der Waals surface area contributed by atoms with E-state index in [0.29, 0.717) is 24.6 Å². The van der Waals surface area contributed by atoms with Crippen LogP contribution in [0.4, 0.5) is 0 Å². The van der Waals surface area contributed by atoms with E-state index in [1.165, 1.54) is 0 Å². The predicted molar refractivity (Wildman–Crippen MR) is 78.0 cm³/mol. The van der Waals surface area contributed by atoms with Crippen LogP contribution in [-0.2, 0) is 19.7 Å². The fourth-order valence-corrected chi connectivity index (χ4v) is 2.49. The highest BCUT2D eigenvalue weighted by Crippen LogP contribution is 2.28. The lowest BCUT2D eigenvalue weighted by Gasteiger charge is -2.25. The van der Waals surface area contributed by atoms with Gasteiger partial charge in [0.2, 0.25) is 5.91 Å². The summed E-state index contributed by atoms with van der Waals surface area (Å²) < 4.78 is 5.25. The van der Waals surface area contributed by atoms with E-state index in [2.05, 4.69) is 5.32 Å². The molecule has 0 aromatic heterocycles. The molecule has 2 rings (SSSR count). The zero-order chi connectivity index (χ0) is 15.3. The third kappa shape index (κ3) is 3.82. The SMILES string of the molecule is CC(CC(=O)NCC1CCOC1)(C(=O)O)c1ccccc1. The molecule has 1 aliphatic rings. The molecule has 0 radical (unpaired) electrons. The molecule has 2 N–H and O–H groups in total. The van der Waals surface area contributed by atoms with Gasteiger partial charge in [-0.1, -0.05) is 30.3 Å². The van der Waals surface area contributed by atoms with Crippen LogP contribution in [0.1, 0.15) is 25.3 Å². The Morgan fingerprint density at radius 1 is 1.38 bits per heavy atom. The van der Waals surface area contributed by atoms with Crippen molar-refractivity contribution in [1.82, 2.24) is 5.32 Å². The number of carboxylic acids is 1. The van der Waals surface area contributed by atoms with Crippen molar-refractivity contribution >= 4 is 11.9 Å². The average molecular weight is 291 g/mol. The molecule has 1 amide bonds. The van der Waals surface area contributed by atoms with Crippen LogP contribution in [-0.4, -0.2) is 36.7 Å². The summed E-state index contributed by atoms with van der Waals surface area (Å²) in [6.07, 6.45) is 0.870. The van der Waals surface area contributed by atoms with Crippen molar-refractivity contribution in [2.75, 3.05) is 19.8 Å². The zero-order valence-corrected chi connectivity index (χ0v) is 12.2. The second-order valence-corrected chi connectivity index (χ2v) is 5.71. The largest absolute Gasteiger partial charge is 0.481 e. The Bertz CT molecular complexity index is 496. The minimum Gasteiger partial charge on any atom is -0.481 e. The first-order valence-corrected chi connectivity index (χ1v) is 7.16. The topological polar surface area (TPSA) is 75.6 Å². The first-order valence-electron chi connectivity index (χ1n) is 7.16. The van der Waals surface area contributed by atoms with Gasteiger partial charge in [-0.15, -0.1) is 0 Å². The lowest BCUT2D eigenvalue weighted by atomic mass is 9.79. The van der Waals surface area contributed by atoms with Gasteiger partial charge < -0.3 is 15.2 Å². The molecule has 1 saturated heterocycles. The zero-order valence-electron chi connectivity index (χ0n) is 12.2. The van der Waals surface area contributed by atoms with Crippen LogP contribution in [0.25, 0.3) is 0 Å². The monoisotopic (exact) mass is 291 g/mol. The number of carboxylic acid groups (broad SMARTS) is 1. The second kappa shape index (κ2) is 6.72. The van der Waals surface area contributed by atoms with Crippen molar-refractivity contribution < 1.29 is 19.4 Å². The van der Waals surface area contributed by atoms with Gasteiger partial charge in [-0.3, -0.25) is 9.59 Å². The maximum absolute atomic E-state index is 12.1. The molecule has 5 heteroatoms. The number of ether oxygens (including phenoxy) is 1. The molecule has 5 nitrogen and oxygen atoms in total. The standard InChI is InChI=1S/C16H21NO4/c1-16(15(19)20,13-5-3-2-4-6-13)9-14(18)17-10-12-7-8-21-11-12/h2-6,12H,7-11H2,1H3,(H,17,18)(H,19,20). The van der Waals surface area contributed by atoms with E-state index in [9.17, 15) is 14.7 Å². The Morgan fingerprint density at radius 3 is 2.67 bits per heavy atom. The average Bonchev–Trinajstić information content (AvgIpc) is 2.99. The summed E-state index contributed by atoms with van der Waals surface area (Å²) in [6, 6.07) is 8.87. The third-order valence-corrected chi connectivity index (χ3v) is 4.01. The summed E-state index contributed by atoms with van der Waals surface area (Å²) in [5.74, 6) is -0.898. The summed E-state index contributed by atoms with van der Waals surface area (Å²) in [5, 5.41) is 12.3. The van der Waals surface area contributed by atoms with E-state index in [1.807, 2.05) is 6.07 Å². The van der Waals surface area contributed by atoms with Gasteiger partial charge in [0.25, 0.3) is 0 Å². The van der Waals surface area contributed by atoms with Crippen LogP contribution in [0, 0.1) is 5.92 Å². The van der Waals surface area contributed by atoms with E-state index in [4.69, 9.17) is 4.74 Å². The molecule has 1 aliphatic heterocycles. The van der Waals surface area contributed by atoms with Crippen molar-refractivity contribution in [2.45, 2.75) is 25.2 Å². The minimum absolute atomic E-state index is 0.0695. The second-order valence-electron chi connectivity index (χ2n) is 5.71. The van der Waals surface area contributed by atoms with Gasteiger partial charge >= 0.3 is 5.97 Å². The van der Waals surface area contributed by atoms with Crippen molar-refractivity contribution in [2.24, 2.45) is 5.92 Å². The van der Waals surface area contributed by atoms with E-state index >= 15 is 0 Å². The Morgan fingerprint density at radius 2 is 2.10 bits per heavy atom. The van der Waals surface area contributed by atoms with Crippen LogP contribution >= 0.6 is 0 Å². The molecule has 1 heterocycles. The number of amides is 1. The van der Waals surface area contributed by atoms with Gasteiger partial charge in [-0.2, -0.15) is 0 Å². The maximum atomic E-state index is 12.1. The quantitative estimate of drug-likeness (QED) is 0.834.